The zero-order valence-corrected chi connectivity index (χ0v) is 54.6. The van der Waals surface area contributed by atoms with Crippen LogP contribution < -0.4 is 4.89 Å². The van der Waals surface area contributed by atoms with E-state index in [0.29, 0.717) is 17.4 Å². The maximum absolute atomic E-state index is 12.9. The number of carbonyl (C=O) groups is 2. The highest BCUT2D eigenvalue weighted by molar-refractivity contribution is 7.45. The number of allylic oxidation sites excluding steroid dienone is 18. The van der Waals surface area contributed by atoms with E-state index in [1.807, 2.05) is 21.1 Å². The number of unbranched alkanes of at least 4 members (excludes halogenated alkanes) is 29. The highest BCUT2D eigenvalue weighted by Gasteiger charge is 2.22. The molecule has 0 heterocycles. The lowest BCUT2D eigenvalue weighted by molar-refractivity contribution is -0.870. The Labute approximate surface area is 506 Å². The molecule has 0 amide bonds. The Balaban J connectivity index is 4.07. The molecule has 0 aliphatic carbocycles. The molecule has 0 aromatic heterocycles. The lowest BCUT2D eigenvalue weighted by Crippen LogP contribution is -2.37. The number of rotatable bonds is 61. The Kier molecular flexibility index (Phi) is 59.7. The van der Waals surface area contributed by atoms with E-state index in [1.165, 1.54) is 148 Å². The van der Waals surface area contributed by atoms with E-state index in [2.05, 4.69) is 123 Å². The minimum atomic E-state index is -4.65. The fraction of sp³-hybridized carbons (Fsp3) is 0.722. The van der Waals surface area contributed by atoms with E-state index in [9.17, 15) is 19.0 Å². The number of esters is 2. The van der Waals surface area contributed by atoms with Crippen LogP contribution in [0.15, 0.2) is 109 Å². The second-order valence-electron chi connectivity index (χ2n) is 23.5. The Morgan fingerprint density at radius 1 is 0.390 bits per heavy atom. The maximum atomic E-state index is 12.9. The normalized spacial score (nSPS) is 13.9. The van der Waals surface area contributed by atoms with Gasteiger partial charge in [-0.3, -0.25) is 14.2 Å². The molecule has 0 N–H and O–H groups in total. The van der Waals surface area contributed by atoms with Gasteiger partial charge in [-0.2, -0.15) is 0 Å². The summed E-state index contributed by atoms with van der Waals surface area (Å²) >= 11 is 0. The van der Waals surface area contributed by atoms with Gasteiger partial charge in [-0.1, -0.05) is 277 Å². The van der Waals surface area contributed by atoms with Gasteiger partial charge in [0.15, 0.2) is 6.10 Å². The summed E-state index contributed by atoms with van der Waals surface area (Å²) in [5, 5.41) is 0. The first-order valence-electron chi connectivity index (χ1n) is 33.6. The lowest BCUT2D eigenvalue weighted by Gasteiger charge is -2.28. The molecule has 0 saturated carbocycles. The van der Waals surface area contributed by atoms with Crippen LogP contribution in [0.3, 0.4) is 0 Å². The summed E-state index contributed by atoms with van der Waals surface area (Å²) in [5.74, 6) is -0.838. The van der Waals surface area contributed by atoms with Gasteiger partial charge in [0.2, 0.25) is 0 Å². The molecule has 0 aliphatic rings. The van der Waals surface area contributed by atoms with Crippen LogP contribution in [0.5, 0.6) is 0 Å². The number of quaternary nitrogens is 1. The summed E-state index contributed by atoms with van der Waals surface area (Å²) in [6, 6.07) is 0. The minimum absolute atomic E-state index is 0.0356. The number of phosphoric acid groups is 1. The molecule has 0 fully saturated rings. The van der Waals surface area contributed by atoms with Crippen LogP contribution in [-0.4, -0.2) is 70.0 Å². The van der Waals surface area contributed by atoms with Gasteiger partial charge in [-0.15, -0.1) is 0 Å². The number of hydrogen-bond donors (Lipinski definition) is 0. The maximum Gasteiger partial charge on any atom is 0.306 e. The van der Waals surface area contributed by atoms with Gasteiger partial charge in [0.1, 0.15) is 19.8 Å². The van der Waals surface area contributed by atoms with Gasteiger partial charge in [0, 0.05) is 12.8 Å². The highest BCUT2D eigenvalue weighted by atomic mass is 31.2. The highest BCUT2D eigenvalue weighted by Crippen LogP contribution is 2.38. The third-order valence-electron chi connectivity index (χ3n) is 14.3. The van der Waals surface area contributed by atoms with Crippen molar-refractivity contribution in [3.8, 4) is 0 Å². The van der Waals surface area contributed by atoms with Crippen LogP contribution in [0.2, 0.25) is 0 Å². The summed E-state index contributed by atoms with van der Waals surface area (Å²) in [6.45, 7) is 4.12. The molecule has 0 aromatic rings. The second kappa shape index (κ2) is 62.2. The van der Waals surface area contributed by atoms with Crippen LogP contribution in [0.25, 0.3) is 0 Å². The minimum Gasteiger partial charge on any atom is -0.756 e. The average Bonchev–Trinajstić information content (AvgIpc) is 3.45. The van der Waals surface area contributed by atoms with Crippen molar-refractivity contribution in [2.75, 3.05) is 47.5 Å². The molecule has 0 aromatic carbocycles. The van der Waals surface area contributed by atoms with Crippen molar-refractivity contribution in [1.82, 2.24) is 0 Å². The van der Waals surface area contributed by atoms with Crippen molar-refractivity contribution in [3.63, 3.8) is 0 Å². The molecule has 472 valence electrons. The van der Waals surface area contributed by atoms with Crippen molar-refractivity contribution in [1.29, 1.82) is 0 Å². The Bertz CT molecular complexity index is 1750. The predicted molar refractivity (Wildman–Crippen MR) is 351 cm³/mol. The van der Waals surface area contributed by atoms with Crippen LogP contribution in [0, 0.1) is 0 Å². The molecule has 0 bridgehead atoms. The summed E-state index contributed by atoms with van der Waals surface area (Å²) in [7, 11) is 1.16. The number of nitrogens with zero attached hydrogens (tertiary/aromatic N) is 1. The molecule has 10 heteroatoms. The van der Waals surface area contributed by atoms with E-state index >= 15 is 0 Å². The van der Waals surface area contributed by atoms with Gasteiger partial charge in [-0.05, 0) is 103 Å². The van der Waals surface area contributed by atoms with E-state index < -0.39 is 26.5 Å². The first-order chi connectivity index (χ1) is 40.0. The van der Waals surface area contributed by atoms with Crippen molar-refractivity contribution in [2.24, 2.45) is 0 Å². The Morgan fingerprint density at radius 3 is 1.04 bits per heavy atom. The summed E-state index contributed by atoms with van der Waals surface area (Å²) in [6.07, 6.45) is 87.2. The van der Waals surface area contributed by atoms with Crippen molar-refractivity contribution in [3.05, 3.63) is 109 Å². The van der Waals surface area contributed by atoms with Crippen molar-refractivity contribution >= 4 is 19.8 Å². The second-order valence-corrected chi connectivity index (χ2v) is 24.9. The SMILES string of the molecule is CC/C=C\C/C=C\C/C=C\C/C=C\C/C=C\C/C=C\CCCCCCCCCCCCCCCCCCC(=O)OC(COC(=O)CCCCCCCCCC/C=C\C/C=C\C/C=C\CCCCCCC)COP(=O)([O-])OCC[N+](C)(C)C. The monoisotopic (exact) mass is 1160 g/mol. The standard InChI is InChI=1S/C72H126NO8P/c1-6-8-10-12-14-16-18-20-22-24-26-28-30-31-32-33-34-35-36-37-38-39-40-41-43-45-47-49-51-53-55-57-59-61-63-65-72(75)81-70(69-80-82(76,77)79-67-66-73(3,4)5)68-78-71(74)64-62-60-58-56-54-52-50-48-46-44-42-29-27-25-23-21-19-17-15-13-11-9-7-2/h8,10,14,16,19-22,25-28,31-32,34-35,42,44,70H,6-7,9,11-13,15,17-18,23-24,29-30,33,36-41,43,45-69H2,1-5H3/b10-8-,16-14-,21-19-,22-20-,27-25-,28-26-,32-31-,35-34-,44-42-. The number of ether oxygens (including phenoxy) is 2. The zero-order valence-electron chi connectivity index (χ0n) is 53.7. The molecule has 0 spiro atoms. The van der Waals surface area contributed by atoms with Crippen molar-refractivity contribution < 1.29 is 42.1 Å². The van der Waals surface area contributed by atoms with Gasteiger partial charge < -0.3 is 27.9 Å². The van der Waals surface area contributed by atoms with E-state index in [1.54, 1.807) is 0 Å². The van der Waals surface area contributed by atoms with Crippen LogP contribution >= 0.6 is 7.82 Å². The van der Waals surface area contributed by atoms with E-state index in [-0.39, 0.29) is 32.0 Å². The first kappa shape index (κ1) is 78.7. The first-order valence-corrected chi connectivity index (χ1v) is 35.1. The molecule has 9 nitrogen and oxygen atoms in total. The molecule has 2 unspecified atom stereocenters. The number of carbonyl (C=O) groups excluding carboxylic acids is 2. The van der Waals surface area contributed by atoms with Crippen LogP contribution in [-0.2, 0) is 32.7 Å². The molecule has 0 saturated heterocycles. The van der Waals surface area contributed by atoms with Crippen molar-refractivity contribution in [2.45, 2.75) is 290 Å². The fourth-order valence-corrected chi connectivity index (χ4v) is 9.87. The molecule has 2 atom stereocenters. The van der Waals surface area contributed by atoms with Crippen LogP contribution in [0.4, 0.5) is 0 Å². The smallest absolute Gasteiger partial charge is 0.306 e. The quantitative estimate of drug-likeness (QED) is 0.0195. The molecular weight excluding hydrogens is 1040 g/mol. The van der Waals surface area contributed by atoms with E-state index in [0.717, 1.165) is 103 Å². The van der Waals surface area contributed by atoms with Gasteiger partial charge in [0.05, 0.1) is 27.7 Å². The molecule has 0 aliphatic heterocycles. The third-order valence-corrected chi connectivity index (χ3v) is 15.2. The van der Waals surface area contributed by atoms with Gasteiger partial charge >= 0.3 is 11.9 Å². The molecular formula is C72H126NO8P. The Morgan fingerprint density at radius 2 is 0.695 bits per heavy atom. The molecule has 0 radical (unpaired) electrons. The third kappa shape index (κ3) is 65.8. The zero-order chi connectivity index (χ0) is 59.8. The Hall–Kier alpha value is -3.33. The van der Waals surface area contributed by atoms with Crippen LogP contribution in [0.1, 0.15) is 284 Å². The summed E-state index contributed by atoms with van der Waals surface area (Å²) in [5.41, 5.74) is 0. The van der Waals surface area contributed by atoms with E-state index in [4.69, 9.17) is 18.5 Å². The topological polar surface area (TPSA) is 111 Å². The number of likely N-dealkylation sites (N-methyl/N-ethyl adjacent to an activating group) is 1. The summed E-state index contributed by atoms with van der Waals surface area (Å²) < 4.78 is 34.3. The molecule has 0 rings (SSSR count). The number of hydrogen-bond acceptors (Lipinski definition) is 8. The molecule has 82 heavy (non-hydrogen) atoms. The fourth-order valence-electron chi connectivity index (χ4n) is 9.14. The van der Waals surface area contributed by atoms with Gasteiger partial charge in [-0.25, -0.2) is 0 Å². The van der Waals surface area contributed by atoms with Gasteiger partial charge in [0.25, 0.3) is 7.82 Å². The largest absolute Gasteiger partial charge is 0.756 e. The lowest BCUT2D eigenvalue weighted by atomic mass is 10.0. The predicted octanol–water partition coefficient (Wildman–Crippen LogP) is 21.1. The number of phosphoric ester groups is 1. The summed E-state index contributed by atoms with van der Waals surface area (Å²) in [4.78, 5) is 38.0. The average molecular weight is 1160 g/mol.